The third kappa shape index (κ3) is 5.63. The number of rotatable bonds is 9. The van der Waals surface area contributed by atoms with Crippen LogP contribution in [0.25, 0.3) is 0 Å². The van der Waals surface area contributed by atoms with E-state index in [1.807, 2.05) is 29.8 Å². The van der Waals surface area contributed by atoms with Crippen molar-refractivity contribution < 1.29 is 22.8 Å². The Morgan fingerprint density at radius 3 is 2.64 bits per heavy atom. The number of nitrogens with one attached hydrogen (secondary N) is 2. The third-order valence-electron chi connectivity index (χ3n) is 8.03. The van der Waals surface area contributed by atoms with Crippen LogP contribution >= 0.6 is 0 Å². The maximum Gasteiger partial charge on any atom is 0.416 e. The molecule has 0 unspecified atom stereocenters. The van der Waals surface area contributed by atoms with Gasteiger partial charge in [0.05, 0.1) is 17.5 Å². The molecule has 2 N–H and O–H groups in total. The van der Waals surface area contributed by atoms with Crippen molar-refractivity contribution in [3.63, 3.8) is 0 Å². The minimum atomic E-state index is -4.61. The molecule has 8 nitrogen and oxygen atoms in total. The standard InChI is InChI=1S/C31H33F3N6O2/c1-4-7-27(41)36-11-6-10-35-17-21-12-24-25(26(13-21)31(32,33)34)18-40(28(24)42)23-9-5-8-22(14-23)30(15-20(2)16-30)29-38-37-19-39(29)3/h5,8-9,12-14,19-20,35H,6,10-11,15-18H2,1-3H3,(H,36,41). The van der Waals surface area contributed by atoms with Gasteiger partial charge >= 0.3 is 6.18 Å². The molecule has 11 heteroatoms. The van der Waals surface area contributed by atoms with Gasteiger partial charge < -0.3 is 20.1 Å². The summed E-state index contributed by atoms with van der Waals surface area (Å²) in [5, 5.41) is 14.2. The number of fused-ring (bicyclic) bond motifs is 1. The fraction of sp³-hybridized carbons (Fsp3) is 0.419. The van der Waals surface area contributed by atoms with Crippen LogP contribution in [0.3, 0.4) is 0 Å². The normalized spacial score (nSPS) is 19.6. The van der Waals surface area contributed by atoms with Gasteiger partial charge in [0.2, 0.25) is 0 Å². The summed E-state index contributed by atoms with van der Waals surface area (Å²) < 4.78 is 44.5. The summed E-state index contributed by atoms with van der Waals surface area (Å²) in [6.07, 6.45) is -0.641. The van der Waals surface area contributed by atoms with E-state index in [-0.39, 0.29) is 35.5 Å². The van der Waals surface area contributed by atoms with Gasteiger partial charge in [0, 0.05) is 31.4 Å². The van der Waals surface area contributed by atoms with Crippen molar-refractivity contribution in [1.29, 1.82) is 0 Å². The van der Waals surface area contributed by atoms with E-state index in [0.29, 0.717) is 36.7 Å². The van der Waals surface area contributed by atoms with Crippen molar-refractivity contribution in [2.75, 3.05) is 18.0 Å². The topological polar surface area (TPSA) is 92.2 Å². The minimum absolute atomic E-state index is 0.0123. The molecule has 2 heterocycles. The van der Waals surface area contributed by atoms with Crippen LogP contribution in [0.1, 0.15) is 71.5 Å². The zero-order chi connectivity index (χ0) is 30.1. The van der Waals surface area contributed by atoms with Gasteiger partial charge in [0.25, 0.3) is 11.8 Å². The van der Waals surface area contributed by atoms with E-state index < -0.39 is 17.6 Å². The molecule has 2 aliphatic rings. The number of aryl methyl sites for hydroxylation is 1. The molecule has 5 rings (SSSR count). The molecule has 0 atom stereocenters. The van der Waals surface area contributed by atoms with Crippen LogP contribution in [0.2, 0.25) is 0 Å². The van der Waals surface area contributed by atoms with Gasteiger partial charge in [-0.3, -0.25) is 9.59 Å². The van der Waals surface area contributed by atoms with E-state index in [4.69, 9.17) is 0 Å². The summed E-state index contributed by atoms with van der Waals surface area (Å²) in [5.41, 5.74) is 0.792. The Morgan fingerprint density at radius 2 is 1.98 bits per heavy atom. The second kappa shape index (κ2) is 11.6. The average molecular weight is 579 g/mol. The van der Waals surface area contributed by atoms with Gasteiger partial charge in [0.1, 0.15) is 12.2 Å². The molecule has 1 aromatic heterocycles. The van der Waals surface area contributed by atoms with Gasteiger partial charge in [-0.2, -0.15) is 13.2 Å². The molecule has 42 heavy (non-hydrogen) atoms. The van der Waals surface area contributed by atoms with E-state index in [1.54, 1.807) is 25.4 Å². The number of alkyl halides is 3. The van der Waals surface area contributed by atoms with Crippen molar-refractivity contribution >= 4 is 17.5 Å². The monoisotopic (exact) mass is 578 g/mol. The van der Waals surface area contributed by atoms with Crippen molar-refractivity contribution in [2.24, 2.45) is 13.0 Å². The molecule has 0 spiro atoms. The van der Waals surface area contributed by atoms with E-state index in [0.717, 1.165) is 30.3 Å². The summed E-state index contributed by atoms with van der Waals surface area (Å²) in [4.78, 5) is 26.4. The summed E-state index contributed by atoms with van der Waals surface area (Å²) in [7, 11) is 1.90. The highest BCUT2D eigenvalue weighted by Crippen LogP contribution is 2.52. The first-order valence-corrected chi connectivity index (χ1v) is 13.9. The first-order chi connectivity index (χ1) is 20.0. The van der Waals surface area contributed by atoms with Gasteiger partial charge in [-0.05, 0) is 85.5 Å². The van der Waals surface area contributed by atoms with Gasteiger partial charge in [-0.15, -0.1) is 10.2 Å². The zero-order valence-corrected chi connectivity index (χ0v) is 23.8. The number of benzene rings is 2. The van der Waals surface area contributed by atoms with Crippen LogP contribution < -0.4 is 15.5 Å². The summed E-state index contributed by atoms with van der Waals surface area (Å²) in [6.45, 7) is 4.60. The molecule has 1 aliphatic heterocycles. The molecule has 0 bridgehead atoms. The maximum atomic E-state index is 14.2. The lowest BCUT2D eigenvalue weighted by Gasteiger charge is -2.46. The maximum absolute atomic E-state index is 14.2. The van der Waals surface area contributed by atoms with Gasteiger partial charge in [-0.1, -0.05) is 25.0 Å². The highest BCUT2D eigenvalue weighted by molar-refractivity contribution is 6.10. The number of aromatic nitrogens is 3. The number of hydrogen-bond donors (Lipinski definition) is 2. The van der Waals surface area contributed by atoms with Crippen molar-refractivity contribution in [3.05, 3.63) is 76.4 Å². The molecule has 220 valence electrons. The van der Waals surface area contributed by atoms with Crippen molar-refractivity contribution in [2.45, 2.75) is 57.8 Å². The quantitative estimate of drug-likeness (QED) is 0.291. The van der Waals surface area contributed by atoms with Crippen LogP contribution in [0.4, 0.5) is 18.9 Å². The average Bonchev–Trinajstić information content (AvgIpc) is 3.51. The molecular formula is C31H33F3N6O2. The molecule has 2 amide bonds. The van der Waals surface area contributed by atoms with Crippen LogP contribution in [0.15, 0.2) is 42.7 Å². The fourth-order valence-electron chi connectivity index (χ4n) is 6.20. The fourth-order valence-corrected chi connectivity index (χ4v) is 6.20. The van der Waals surface area contributed by atoms with Gasteiger partial charge in [-0.25, -0.2) is 0 Å². The molecule has 2 aromatic carbocycles. The highest BCUT2D eigenvalue weighted by atomic mass is 19.4. The number of carbonyl (C=O) groups is 2. The first kappa shape index (κ1) is 29.3. The van der Waals surface area contributed by atoms with Crippen LogP contribution in [-0.4, -0.2) is 39.7 Å². The van der Waals surface area contributed by atoms with Gasteiger partial charge in [0.15, 0.2) is 0 Å². The summed E-state index contributed by atoms with van der Waals surface area (Å²) >= 11 is 0. The Bertz CT molecular complexity index is 1560. The Morgan fingerprint density at radius 1 is 1.19 bits per heavy atom. The lowest BCUT2D eigenvalue weighted by molar-refractivity contribution is -0.138. The SMILES string of the molecule is CC#CC(=O)NCCCNCc1cc2c(c(C(F)(F)F)c1)CN(c1cccc(C3(c4nncn4C)CC(C)C3)c1)C2=O. The zero-order valence-electron chi connectivity index (χ0n) is 23.8. The first-order valence-electron chi connectivity index (χ1n) is 13.9. The number of amides is 2. The predicted octanol–water partition coefficient (Wildman–Crippen LogP) is 4.33. The third-order valence-corrected chi connectivity index (χ3v) is 8.03. The predicted molar refractivity (Wildman–Crippen MR) is 151 cm³/mol. The van der Waals surface area contributed by atoms with Crippen LogP contribution in [0.5, 0.6) is 0 Å². The lowest BCUT2D eigenvalue weighted by atomic mass is 9.58. The van der Waals surface area contributed by atoms with E-state index in [1.165, 1.54) is 4.90 Å². The second-order valence-corrected chi connectivity index (χ2v) is 11.1. The molecule has 3 aromatic rings. The Balaban J connectivity index is 1.36. The van der Waals surface area contributed by atoms with E-state index in [2.05, 4.69) is 39.6 Å². The second-order valence-electron chi connectivity index (χ2n) is 11.1. The molecular weight excluding hydrogens is 545 g/mol. The van der Waals surface area contributed by atoms with E-state index in [9.17, 15) is 22.8 Å². The lowest BCUT2D eigenvalue weighted by Crippen LogP contribution is -2.43. The van der Waals surface area contributed by atoms with Crippen molar-refractivity contribution in [3.8, 4) is 11.8 Å². The Labute approximate surface area is 242 Å². The highest BCUT2D eigenvalue weighted by Gasteiger charge is 2.48. The largest absolute Gasteiger partial charge is 0.416 e. The Hall–Kier alpha value is -4.17. The van der Waals surface area contributed by atoms with E-state index >= 15 is 0 Å². The van der Waals surface area contributed by atoms with Crippen LogP contribution in [0, 0.1) is 17.8 Å². The summed E-state index contributed by atoms with van der Waals surface area (Å²) in [5.74, 6) is 5.39. The number of anilines is 1. The minimum Gasteiger partial charge on any atom is -0.345 e. The molecule has 0 saturated heterocycles. The molecule has 0 radical (unpaired) electrons. The summed E-state index contributed by atoms with van der Waals surface area (Å²) in [6, 6.07) is 10.2. The number of hydrogen-bond acceptors (Lipinski definition) is 5. The molecule has 1 fully saturated rings. The van der Waals surface area contributed by atoms with Crippen LogP contribution in [-0.2, 0) is 36.5 Å². The number of nitrogens with zero attached hydrogens (tertiary/aromatic N) is 4. The Kier molecular flexibility index (Phi) is 8.10. The molecule has 1 saturated carbocycles. The molecule has 1 aliphatic carbocycles. The number of halogens is 3. The number of carbonyl (C=O) groups excluding carboxylic acids is 2. The smallest absolute Gasteiger partial charge is 0.345 e. The van der Waals surface area contributed by atoms with Crippen molar-refractivity contribution in [1.82, 2.24) is 25.4 Å².